The molecule has 1 saturated heterocycles. The van der Waals surface area contributed by atoms with Crippen LogP contribution in [0.1, 0.15) is 29.4 Å². The van der Waals surface area contributed by atoms with Crippen molar-refractivity contribution in [2.45, 2.75) is 30.9 Å². The van der Waals surface area contributed by atoms with Crippen molar-refractivity contribution in [2.75, 3.05) is 18.6 Å². The number of aryl methyl sites for hydroxylation is 1. The number of aromatic nitrogens is 2. The molecule has 0 saturated carbocycles. The van der Waals surface area contributed by atoms with E-state index in [0.717, 1.165) is 23.8 Å². The molecule has 1 aromatic heterocycles. The summed E-state index contributed by atoms with van der Waals surface area (Å²) in [4.78, 5) is 9.31. The first-order chi connectivity index (χ1) is 8.20. The van der Waals surface area contributed by atoms with E-state index >= 15 is 0 Å². The van der Waals surface area contributed by atoms with Crippen LogP contribution in [0.2, 0.25) is 0 Å². The minimum atomic E-state index is 0.448. The summed E-state index contributed by atoms with van der Waals surface area (Å²) in [6.45, 7) is 5.15. The molecule has 2 heterocycles. The molecule has 3 nitrogen and oxygen atoms in total. The molecule has 0 aliphatic carbocycles. The molecular weight excluding hydrogens is 250 g/mol. The smallest absolute Gasteiger partial charge is 0.142 e. The lowest BCUT2D eigenvalue weighted by molar-refractivity contribution is 0.745. The van der Waals surface area contributed by atoms with Crippen molar-refractivity contribution in [1.82, 2.24) is 15.3 Å². The molecule has 17 heavy (non-hydrogen) atoms. The number of hydrogen-bond donors (Lipinski definition) is 1. The molecule has 1 N–H and O–H groups in total. The van der Waals surface area contributed by atoms with Crippen molar-refractivity contribution in [2.24, 2.45) is 0 Å². The van der Waals surface area contributed by atoms with Crippen LogP contribution in [0.25, 0.3) is 0 Å². The normalized spacial score (nSPS) is 24.9. The molecule has 1 aliphatic rings. The Morgan fingerprint density at radius 1 is 1.35 bits per heavy atom. The zero-order valence-electron chi connectivity index (χ0n) is 10.6. The number of thioether (sulfide) groups is 2. The van der Waals surface area contributed by atoms with Gasteiger partial charge in [-0.15, -0.1) is 11.8 Å². The molecule has 0 bridgehead atoms. The second-order valence-corrected chi connectivity index (χ2v) is 6.99. The molecule has 2 unspecified atom stereocenters. The quantitative estimate of drug-likeness (QED) is 0.912. The average molecular weight is 269 g/mol. The van der Waals surface area contributed by atoms with E-state index in [1.807, 2.05) is 30.6 Å². The van der Waals surface area contributed by atoms with Crippen molar-refractivity contribution in [3.05, 3.63) is 23.3 Å². The molecule has 1 aromatic rings. The third-order valence-corrected chi connectivity index (χ3v) is 5.81. The van der Waals surface area contributed by atoms with E-state index in [-0.39, 0.29) is 0 Å². The molecule has 2 atom stereocenters. The topological polar surface area (TPSA) is 37.8 Å². The van der Waals surface area contributed by atoms with Gasteiger partial charge in [-0.3, -0.25) is 0 Å². The highest BCUT2D eigenvalue weighted by Crippen LogP contribution is 2.40. The molecule has 5 heteroatoms. The lowest BCUT2D eigenvalue weighted by Crippen LogP contribution is -2.20. The molecule has 94 valence electrons. The molecule has 1 aliphatic heterocycles. The van der Waals surface area contributed by atoms with Crippen LogP contribution in [0, 0.1) is 6.92 Å². The third-order valence-electron chi connectivity index (χ3n) is 2.72. The summed E-state index contributed by atoms with van der Waals surface area (Å²) < 4.78 is 0. The van der Waals surface area contributed by atoms with E-state index in [4.69, 9.17) is 0 Å². The van der Waals surface area contributed by atoms with Gasteiger partial charge in [-0.05, 0) is 20.0 Å². The Hall–Kier alpha value is -0.260. The van der Waals surface area contributed by atoms with Crippen LogP contribution in [0.15, 0.2) is 6.07 Å². The Balaban J connectivity index is 2.24. The zero-order valence-corrected chi connectivity index (χ0v) is 12.2. The molecule has 2 rings (SSSR count). The van der Waals surface area contributed by atoms with E-state index in [9.17, 15) is 0 Å². The van der Waals surface area contributed by atoms with Gasteiger partial charge in [0.1, 0.15) is 5.82 Å². The predicted octanol–water partition coefficient (Wildman–Crippen LogP) is 2.41. The summed E-state index contributed by atoms with van der Waals surface area (Å²) in [5.74, 6) is 3.47. The molecule has 1 fully saturated rings. The largest absolute Gasteiger partial charge is 0.314 e. The van der Waals surface area contributed by atoms with E-state index in [2.05, 4.69) is 35.2 Å². The van der Waals surface area contributed by atoms with Gasteiger partial charge in [-0.1, -0.05) is 6.92 Å². The van der Waals surface area contributed by atoms with Crippen LogP contribution >= 0.6 is 23.5 Å². The highest BCUT2D eigenvalue weighted by Gasteiger charge is 2.26. The van der Waals surface area contributed by atoms with Crippen molar-refractivity contribution < 1.29 is 0 Å². The third kappa shape index (κ3) is 3.36. The summed E-state index contributed by atoms with van der Waals surface area (Å²) in [7, 11) is 1.95. The van der Waals surface area contributed by atoms with E-state index in [1.165, 1.54) is 11.5 Å². The second-order valence-electron chi connectivity index (χ2n) is 4.26. The SMILES string of the molecule is CNCc1cc(C)nc(C2SCCSC2C)n1. The summed E-state index contributed by atoms with van der Waals surface area (Å²) in [6, 6.07) is 2.06. The maximum absolute atomic E-state index is 4.69. The minimum absolute atomic E-state index is 0.448. The standard InChI is InChI=1S/C12H19N3S2/c1-8-6-10(7-13-3)15-12(14-8)11-9(2)16-4-5-17-11/h6,9,11,13H,4-5,7H2,1-3H3. The van der Waals surface area contributed by atoms with E-state index in [0.29, 0.717) is 10.5 Å². The lowest BCUT2D eigenvalue weighted by atomic mass is 10.2. The van der Waals surface area contributed by atoms with Gasteiger partial charge in [0.2, 0.25) is 0 Å². The fourth-order valence-corrected chi connectivity index (χ4v) is 4.66. The van der Waals surface area contributed by atoms with Crippen molar-refractivity contribution >= 4 is 23.5 Å². The lowest BCUT2D eigenvalue weighted by Gasteiger charge is -2.27. The molecular formula is C12H19N3S2. The van der Waals surface area contributed by atoms with Crippen LogP contribution in [0.5, 0.6) is 0 Å². The molecule has 0 radical (unpaired) electrons. The van der Waals surface area contributed by atoms with E-state index in [1.54, 1.807) is 0 Å². The maximum Gasteiger partial charge on any atom is 0.142 e. The molecule has 0 spiro atoms. The van der Waals surface area contributed by atoms with E-state index < -0.39 is 0 Å². The van der Waals surface area contributed by atoms with Crippen LogP contribution in [-0.4, -0.2) is 33.8 Å². The van der Waals surface area contributed by atoms with Gasteiger partial charge in [0.15, 0.2) is 0 Å². The van der Waals surface area contributed by atoms with Gasteiger partial charge < -0.3 is 5.32 Å². The highest BCUT2D eigenvalue weighted by molar-refractivity contribution is 8.06. The van der Waals surface area contributed by atoms with Crippen molar-refractivity contribution in [3.8, 4) is 0 Å². The molecule has 0 aromatic carbocycles. The summed E-state index contributed by atoms with van der Waals surface area (Å²) in [6.07, 6.45) is 0. The number of nitrogens with zero attached hydrogens (tertiary/aromatic N) is 2. The minimum Gasteiger partial charge on any atom is -0.314 e. The number of nitrogens with one attached hydrogen (secondary N) is 1. The van der Waals surface area contributed by atoms with Crippen LogP contribution in [0.4, 0.5) is 0 Å². The summed E-state index contributed by atoms with van der Waals surface area (Å²) in [5, 5.41) is 4.21. The van der Waals surface area contributed by atoms with Gasteiger partial charge in [0, 0.05) is 29.0 Å². The first-order valence-corrected chi connectivity index (χ1v) is 8.02. The summed E-state index contributed by atoms with van der Waals surface area (Å²) >= 11 is 4.02. The summed E-state index contributed by atoms with van der Waals surface area (Å²) in [5.41, 5.74) is 2.17. The fourth-order valence-electron chi connectivity index (χ4n) is 1.97. The zero-order chi connectivity index (χ0) is 12.3. The van der Waals surface area contributed by atoms with Gasteiger partial charge >= 0.3 is 0 Å². The average Bonchev–Trinajstić information content (AvgIpc) is 2.29. The van der Waals surface area contributed by atoms with Gasteiger partial charge in [-0.2, -0.15) is 11.8 Å². The fraction of sp³-hybridized carbons (Fsp3) is 0.667. The van der Waals surface area contributed by atoms with Crippen molar-refractivity contribution in [1.29, 1.82) is 0 Å². The first-order valence-electron chi connectivity index (χ1n) is 5.93. The highest BCUT2D eigenvalue weighted by atomic mass is 32.2. The Kier molecular flexibility index (Phi) is 4.70. The second kappa shape index (κ2) is 6.07. The Morgan fingerprint density at radius 2 is 2.12 bits per heavy atom. The maximum atomic E-state index is 4.69. The van der Waals surface area contributed by atoms with Gasteiger partial charge in [0.25, 0.3) is 0 Å². The Bertz CT molecular complexity index is 384. The van der Waals surface area contributed by atoms with Crippen LogP contribution in [-0.2, 0) is 6.54 Å². The van der Waals surface area contributed by atoms with Gasteiger partial charge in [0.05, 0.1) is 10.9 Å². The Labute approximate surface area is 112 Å². The Morgan fingerprint density at radius 3 is 2.82 bits per heavy atom. The van der Waals surface area contributed by atoms with Crippen LogP contribution in [0.3, 0.4) is 0 Å². The monoisotopic (exact) mass is 269 g/mol. The first kappa shape index (κ1) is 13.2. The van der Waals surface area contributed by atoms with Crippen LogP contribution < -0.4 is 5.32 Å². The molecule has 0 amide bonds. The predicted molar refractivity (Wildman–Crippen MR) is 76.7 cm³/mol. The number of hydrogen-bond acceptors (Lipinski definition) is 5. The van der Waals surface area contributed by atoms with Crippen molar-refractivity contribution in [3.63, 3.8) is 0 Å². The number of rotatable bonds is 3. The van der Waals surface area contributed by atoms with Gasteiger partial charge in [-0.25, -0.2) is 9.97 Å².